The van der Waals surface area contributed by atoms with Crippen molar-refractivity contribution in [1.82, 2.24) is 0 Å². The summed E-state index contributed by atoms with van der Waals surface area (Å²) in [5.74, 6) is 1.22. The van der Waals surface area contributed by atoms with Gasteiger partial charge >= 0.3 is 6.09 Å². The van der Waals surface area contributed by atoms with Gasteiger partial charge in [-0.25, -0.2) is 4.79 Å². The van der Waals surface area contributed by atoms with Gasteiger partial charge in [0.2, 0.25) is 5.91 Å². The first kappa shape index (κ1) is 17.1. The Morgan fingerprint density at radius 3 is 2.12 bits per heavy atom. The Morgan fingerprint density at radius 1 is 0.875 bits per heavy atom. The number of amides is 2. The van der Waals surface area contributed by atoms with Crippen LogP contribution in [0.15, 0.2) is 42.5 Å². The number of rotatable bonds is 5. The van der Waals surface area contributed by atoms with Crippen molar-refractivity contribution in [3.8, 4) is 17.2 Å². The lowest BCUT2D eigenvalue weighted by Crippen LogP contribution is -2.17. The van der Waals surface area contributed by atoms with Gasteiger partial charge in [-0.3, -0.25) is 10.1 Å². The van der Waals surface area contributed by atoms with Gasteiger partial charge in [0, 0.05) is 18.7 Å². The van der Waals surface area contributed by atoms with Gasteiger partial charge in [-0.1, -0.05) is 0 Å². The number of hydrogen-bond donors (Lipinski definition) is 2. The van der Waals surface area contributed by atoms with Crippen molar-refractivity contribution in [2.45, 2.75) is 6.92 Å². The average molecular weight is 330 g/mol. The van der Waals surface area contributed by atoms with Crippen molar-refractivity contribution in [1.29, 1.82) is 0 Å². The fourth-order valence-corrected chi connectivity index (χ4v) is 1.96. The fourth-order valence-electron chi connectivity index (χ4n) is 1.96. The average Bonchev–Trinajstić information content (AvgIpc) is 2.56. The highest BCUT2D eigenvalue weighted by Crippen LogP contribution is 2.29. The third-order valence-corrected chi connectivity index (χ3v) is 3.03. The first-order chi connectivity index (χ1) is 11.5. The lowest BCUT2D eigenvalue weighted by Gasteiger charge is -2.12. The zero-order valence-electron chi connectivity index (χ0n) is 13.6. The smallest absolute Gasteiger partial charge is 0.417 e. The molecule has 0 saturated carbocycles. The molecule has 0 atom stereocenters. The molecule has 0 heterocycles. The number of anilines is 2. The topological polar surface area (TPSA) is 85.9 Å². The van der Waals surface area contributed by atoms with Gasteiger partial charge in [-0.05, 0) is 36.4 Å². The minimum absolute atomic E-state index is 0.175. The Bertz CT molecular complexity index is 728. The van der Waals surface area contributed by atoms with Crippen LogP contribution in [0.1, 0.15) is 6.92 Å². The lowest BCUT2D eigenvalue weighted by molar-refractivity contribution is -0.114. The summed E-state index contributed by atoms with van der Waals surface area (Å²) in [6.45, 7) is 1.42. The van der Waals surface area contributed by atoms with E-state index in [1.165, 1.54) is 21.1 Å². The number of nitrogens with one attached hydrogen (secondary N) is 2. The van der Waals surface area contributed by atoms with Gasteiger partial charge in [0.1, 0.15) is 17.2 Å². The van der Waals surface area contributed by atoms with Gasteiger partial charge < -0.3 is 19.5 Å². The SMILES string of the molecule is COc1ccc(OC)c(NC(=O)Oc2ccc(NC(C)=O)cc2)c1. The zero-order chi connectivity index (χ0) is 17.5. The molecule has 7 nitrogen and oxygen atoms in total. The molecule has 0 fully saturated rings. The molecule has 0 bridgehead atoms. The normalized spacial score (nSPS) is 9.79. The second-order valence-corrected chi connectivity index (χ2v) is 4.79. The molecule has 2 amide bonds. The predicted molar refractivity (Wildman–Crippen MR) is 89.9 cm³/mol. The second-order valence-electron chi connectivity index (χ2n) is 4.79. The molecule has 0 aliphatic carbocycles. The molecule has 0 aliphatic heterocycles. The fraction of sp³-hybridized carbons (Fsp3) is 0.176. The number of methoxy groups -OCH3 is 2. The van der Waals surface area contributed by atoms with Crippen molar-refractivity contribution in [3.63, 3.8) is 0 Å². The number of carbonyl (C=O) groups excluding carboxylic acids is 2. The van der Waals surface area contributed by atoms with E-state index in [0.29, 0.717) is 28.6 Å². The van der Waals surface area contributed by atoms with Crippen molar-refractivity contribution in [3.05, 3.63) is 42.5 Å². The summed E-state index contributed by atoms with van der Waals surface area (Å²) >= 11 is 0. The molecule has 2 N–H and O–H groups in total. The number of hydrogen-bond acceptors (Lipinski definition) is 5. The highest BCUT2D eigenvalue weighted by molar-refractivity contribution is 5.90. The zero-order valence-corrected chi connectivity index (χ0v) is 13.6. The minimum atomic E-state index is -0.672. The van der Waals surface area contributed by atoms with Crippen molar-refractivity contribution < 1.29 is 23.8 Å². The molecular weight excluding hydrogens is 312 g/mol. The Labute approximate surface area is 139 Å². The Morgan fingerprint density at radius 2 is 1.54 bits per heavy atom. The summed E-state index contributed by atoms with van der Waals surface area (Å²) in [6.07, 6.45) is -0.672. The van der Waals surface area contributed by atoms with E-state index in [-0.39, 0.29) is 5.91 Å². The van der Waals surface area contributed by atoms with Crippen LogP contribution >= 0.6 is 0 Å². The molecule has 0 aromatic heterocycles. The van der Waals surface area contributed by atoms with Gasteiger partial charge in [0.05, 0.1) is 19.9 Å². The maximum Gasteiger partial charge on any atom is 0.417 e. The summed E-state index contributed by atoms with van der Waals surface area (Å²) in [7, 11) is 3.03. The summed E-state index contributed by atoms with van der Waals surface area (Å²) in [4.78, 5) is 23.0. The summed E-state index contributed by atoms with van der Waals surface area (Å²) in [5.41, 5.74) is 1.04. The van der Waals surface area contributed by atoms with Gasteiger partial charge in [0.25, 0.3) is 0 Å². The van der Waals surface area contributed by atoms with Crippen molar-refractivity contribution in [2.75, 3.05) is 24.9 Å². The lowest BCUT2D eigenvalue weighted by atomic mass is 10.2. The van der Waals surface area contributed by atoms with Crippen LogP contribution in [0.4, 0.5) is 16.2 Å². The van der Waals surface area contributed by atoms with Crippen LogP contribution in [-0.4, -0.2) is 26.2 Å². The van der Waals surface area contributed by atoms with E-state index < -0.39 is 6.09 Å². The summed E-state index contributed by atoms with van der Waals surface area (Å²) in [5, 5.41) is 5.22. The molecule has 7 heteroatoms. The summed E-state index contributed by atoms with van der Waals surface area (Å²) < 4.78 is 15.5. The molecule has 0 spiro atoms. The predicted octanol–water partition coefficient (Wildman–Crippen LogP) is 3.27. The van der Waals surface area contributed by atoms with Crippen LogP contribution in [0.2, 0.25) is 0 Å². The van der Waals surface area contributed by atoms with E-state index in [0.717, 1.165) is 0 Å². The van der Waals surface area contributed by atoms with Crippen LogP contribution in [0.5, 0.6) is 17.2 Å². The van der Waals surface area contributed by atoms with Crippen LogP contribution in [0.3, 0.4) is 0 Å². The maximum absolute atomic E-state index is 12.0. The number of benzene rings is 2. The van der Waals surface area contributed by atoms with E-state index >= 15 is 0 Å². The molecular formula is C17H18N2O5. The van der Waals surface area contributed by atoms with Gasteiger partial charge in [-0.2, -0.15) is 0 Å². The van der Waals surface area contributed by atoms with Crippen LogP contribution in [0.25, 0.3) is 0 Å². The molecule has 0 saturated heterocycles. The first-order valence-corrected chi connectivity index (χ1v) is 7.10. The van der Waals surface area contributed by atoms with E-state index in [4.69, 9.17) is 14.2 Å². The highest BCUT2D eigenvalue weighted by atomic mass is 16.6. The first-order valence-electron chi connectivity index (χ1n) is 7.10. The second kappa shape index (κ2) is 7.87. The monoisotopic (exact) mass is 330 g/mol. The third-order valence-electron chi connectivity index (χ3n) is 3.03. The van der Waals surface area contributed by atoms with Crippen LogP contribution < -0.4 is 24.8 Å². The third kappa shape index (κ3) is 4.64. The van der Waals surface area contributed by atoms with Gasteiger partial charge in [-0.15, -0.1) is 0 Å². The van der Waals surface area contributed by atoms with Crippen molar-refractivity contribution >= 4 is 23.4 Å². The Balaban J connectivity index is 2.04. The van der Waals surface area contributed by atoms with Crippen molar-refractivity contribution in [2.24, 2.45) is 0 Å². The maximum atomic E-state index is 12.0. The van der Waals surface area contributed by atoms with Crippen LogP contribution in [-0.2, 0) is 4.79 Å². The molecule has 0 unspecified atom stereocenters. The largest absolute Gasteiger partial charge is 0.497 e. The highest BCUT2D eigenvalue weighted by Gasteiger charge is 2.11. The summed E-state index contributed by atoms with van der Waals surface area (Å²) in [6, 6.07) is 11.4. The number of carbonyl (C=O) groups is 2. The molecule has 2 aromatic rings. The minimum Gasteiger partial charge on any atom is -0.497 e. The quantitative estimate of drug-likeness (QED) is 0.879. The van der Waals surface area contributed by atoms with E-state index in [9.17, 15) is 9.59 Å². The Hall–Kier alpha value is -3.22. The van der Waals surface area contributed by atoms with E-state index in [2.05, 4.69) is 10.6 Å². The molecule has 0 radical (unpaired) electrons. The van der Waals surface area contributed by atoms with E-state index in [1.807, 2.05) is 0 Å². The molecule has 0 aliphatic rings. The Kier molecular flexibility index (Phi) is 5.62. The molecule has 24 heavy (non-hydrogen) atoms. The number of ether oxygens (including phenoxy) is 3. The standard InChI is InChI=1S/C17H18N2O5/c1-11(20)18-12-4-6-13(7-5-12)24-17(21)19-15-10-14(22-2)8-9-16(15)23-3/h4-10H,1-3H3,(H,18,20)(H,19,21). The molecule has 2 rings (SSSR count). The van der Waals surface area contributed by atoms with E-state index in [1.54, 1.807) is 42.5 Å². The van der Waals surface area contributed by atoms with Gasteiger partial charge in [0.15, 0.2) is 0 Å². The molecule has 126 valence electrons. The molecule has 2 aromatic carbocycles. The van der Waals surface area contributed by atoms with Crippen LogP contribution in [0, 0.1) is 0 Å².